The molecule has 0 aliphatic rings. The van der Waals surface area contributed by atoms with Gasteiger partial charge in [0.15, 0.2) is 0 Å². The van der Waals surface area contributed by atoms with Crippen molar-refractivity contribution in [2.24, 2.45) is 10.2 Å². The van der Waals surface area contributed by atoms with Gasteiger partial charge in [0.2, 0.25) is 0 Å². The van der Waals surface area contributed by atoms with Gasteiger partial charge in [0, 0.05) is 0 Å². The van der Waals surface area contributed by atoms with Crippen LogP contribution in [-0.2, 0) is 10.0 Å². The number of fused-ring (bicyclic) bond motifs is 1. The first-order valence-corrected chi connectivity index (χ1v) is 10.8. The molecular weight excluding hydrogens is 414 g/mol. The van der Waals surface area contributed by atoms with Crippen LogP contribution < -0.4 is 4.72 Å². The maximum Gasteiger partial charge on any atom is 0.338 e. The van der Waals surface area contributed by atoms with Crippen LogP contribution in [0.3, 0.4) is 0 Å². The third-order valence-corrected chi connectivity index (χ3v) is 5.95. The van der Waals surface area contributed by atoms with Crippen LogP contribution in [0.5, 0.6) is 0 Å². The van der Waals surface area contributed by atoms with Crippen molar-refractivity contribution in [1.29, 1.82) is 0 Å². The van der Waals surface area contributed by atoms with Gasteiger partial charge in [-0.05, 0) is 53.2 Å². The van der Waals surface area contributed by atoms with Gasteiger partial charge in [-0.2, -0.15) is 10.2 Å². The fourth-order valence-corrected chi connectivity index (χ4v) is 4.16. The van der Waals surface area contributed by atoms with Crippen LogP contribution in [0.25, 0.3) is 10.8 Å². The van der Waals surface area contributed by atoms with E-state index in [-0.39, 0.29) is 16.1 Å². The minimum atomic E-state index is -4.01. The van der Waals surface area contributed by atoms with Crippen molar-refractivity contribution >= 4 is 43.8 Å². The Hall–Kier alpha value is -4.04. The number of rotatable bonds is 6. The second-order valence-corrected chi connectivity index (χ2v) is 8.33. The van der Waals surface area contributed by atoms with E-state index < -0.39 is 16.0 Å². The first-order valence-electron chi connectivity index (χ1n) is 9.29. The van der Waals surface area contributed by atoms with Crippen molar-refractivity contribution in [3.63, 3.8) is 0 Å². The van der Waals surface area contributed by atoms with Crippen LogP contribution in [0.2, 0.25) is 0 Å². The zero-order valence-corrected chi connectivity index (χ0v) is 17.0. The van der Waals surface area contributed by atoms with Crippen LogP contribution in [-0.4, -0.2) is 19.5 Å². The molecule has 31 heavy (non-hydrogen) atoms. The van der Waals surface area contributed by atoms with Gasteiger partial charge in [0.25, 0.3) is 10.0 Å². The maximum absolute atomic E-state index is 12.8. The molecule has 0 bridgehead atoms. The number of carboxylic acids is 1. The topological polar surface area (TPSA) is 108 Å². The average molecular weight is 431 g/mol. The molecule has 0 radical (unpaired) electrons. The summed E-state index contributed by atoms with van der Waals surface area (Å²) in [5, 5.41) is 19.0. The van der Waals surface area contributed by atoms with Crippen LogP contribution in [0.15, 0.2) is 106 Å². The number of anilines is 1. The van der Waals surface area contributed by atoms with E-state index in [2.05, 4.69) is 15.0 Å². The van der Waals surface area contributed by atoms with Gasteiger partial charge in [0.05, 0.1) is 27.5 Å². The molecule has 4 rings (SSSR count). The highest BCUT2D eigenvalue weighted by molar-refractivity contribution is 7.92. The van der Waals surface area contributed by atoms with E-state index in [4.69, 9.17) is 0 Å². The molecule has 0 aliphatic heterocycles. The lowest BCUT2D eigenvalue weighted by Crippen LogP contribution is -2.15. The van der Waals surface area contributed by atoms with E-state index in [1.165, 1.54) is 30.3 Å². The molecule has 0 saturated carbocycles. The molecule has 4 aromatic carbocycles. The number of carboxylic acid groups (broad SMARTS) is 1. The molecule has 0 amide bonds. The molecule has 0 spiro atoms. The number of hydrogen-bond donors (Lipinski definition) is 2. The number of nitrogens with one attached hydrogen (secondary N) is 1. The second-order valence-electron chi connectivity index (χ2n) is 6.65. The highest BCUT2D eigenvalue weighted by Gasteiger charge is 2.20. The Morgan fingerprint density at radius 2 is 1.35 bits per heavy atom. The Labute approximate surface area is 178 Å². The molecule has 7 nitrogen and oxygen atoms in total. The Kier molecular flexibility index (Phi) is 5.46. The summed E-state index contributed by atoms with van der Waals surface area (Å²) in [6.07, 6.45) is 0. The first kappa shape index (κ1) is 20.2. The smallest absolute Gasteiger partial charge is 0.338 e. The zero-order valence-electron chi connectivity index (χ0n) is 16.1. The minimum absolute atomic E-state index is 0.000887. The number of carbonyl (C=O) groups is 1. The predicted octanol–water partition coefficient (Wildman–Crippen LogP) is 5.75. The van der Waals surface area contributed by atoms with E-state index in [0.717, 1.165) is 0 Å². The molecule has 0 heterocycles. The molecule has 0 fully saturated rings. The number of nitrogens with zero attached hydrogens (tertiary/aromatic N) is 2. The summed E-state index contributed by atoms with van der Waals surface area (Å²) in [5.74, 6) is -1.22. The molecular formula is C23H17N3O4S. The molecule has 0 saturated heterocycles. The minimum Gasteiger partial charge on any atom is -0.478 e. The van der Waals surface area contributed by atoms with Gasteiger partial charge < -0.3 is 5.11 Å². The standard InChI is InChI=1S/C23H17N3O4S/c27-23(28)22-20-9-5-4-6-16(20)10-15-21(22)26-31(29,30)19-13-11-18(12-14-19)25-24-17-7-2-1-3-8-17/h1-15,26H,(H,27,28). The molecule has 0 atom stereocenters. The third-order valence-electron chi connectivity index (χ3n) is 4.57. The number of azo groups is 1. The van der Waals surface area contributed by atoms with Gasteiger partial charge in [0.1, 0.15) is 0 Å². The maximum atomic E-state index is 12.8. The van der Waals surface area contributed by atoms with Crippen molar-refractivity contribution in [3.8, 4) is 0 Å². The van der Waals surface area contributed by atoms with Gasteiger partial charge >= 0.3 is 5.97 Å². The Bertz CT molecular complexity index is 1380. The molecule has 0 aromatic heterocycles. The van der Waals surface area contributed by atoms with E-state index in [1.54, 1.807) is 42.5 Å². The monoisotopic (exact) mass is 431 g/mol. The molecule has 0 aliphatic carbocycles. The SMILES string of the molecule is O=C(O)c1c(NS(=O)(=O)c2ccc(N=Nc3ccccc3)cc2)ccc2ccccc12. The molecule has 0 unspecified atom stereocenters. The van der Waals surface area contributed by atoms with Crippen molar-refractivity contribution in [2.45, 2.75) is 4.90 Å². The van der Waals surface area contributed by atoms with Crippen molar-refractivity contribution in [3.05, 3.63) is 96.6 Å². The summed E-state index contributed by atoms with van der Waals surface area (Å²) in [7, 11) is -4.01. The summed E-state index contributed by atoms with van der Waals surface area (Å²) in [6.45, 7) is 0. The first-order chi connectivity index (χ1) is 14.9. The van der Waals surface area contributed by atoms with Gasteiger partial charge in [-0.15, -0.1) is 0 Å². The van der Waals surface area contributed by atoms with Crippen molar-refractivity contribution in [2.75, 3.05) is 4.72 Å². The largest absolute Gasteiger partial charge is 0.478 e. The number of hydrogen-bond acceptors (Lipinski definition) is 5. The van der Waals surface area contributed by atoms with Gasteiger partial charge in [-0.1, -0.05) is 48.5 Å². The number of sulfonamides is 1. The normalized spacial score (nSPS) is 11.6. The van der Waals surface area contributed by atoms with Crippen molar-refractivity contribution in [1.82, 2.24) is 0 Å². The third kappa shape index (κ3) is 4.44. The van der Waals surface area contributed by atoms with Crippen LogP contribution in [0.4, 0.5) is 17.1 Å². The molecule has 154 valence electrons. The fraction of sp³-hybridized carbons (Fsp3) is 0. The van der Waals surface area contributed by atoms with Crippen LogP contribution in [0.1, 0.15) is 10.4 Å². The number of benzene rings is 4. The molecule has 8 heteroatoms. The fourth-order valence-electron chi connectivity index (χ4n) is 3.09. The predicted molar refractivity (Wildman–Crippen MR) is 119 cm³/mol. The lowest BCUT2D eigenvalue weighted by atomic mass is 10.0. The average Bonchev–Trinajstić information content (AvgIpc) is 2.78. The van der Waals surface area contributed by atoms with Crippen LogP contribution >= 0.6 is 0 Å². The van der Waals surface area contributed by atoms with E-state index in [0.29, 0.717) is 22.1 Å². The summed E-state index contributed by atoms with van der Waals surface area (Å²) >= 11 is 0. The quantitative estimate of drug-likeness (QED) is 0.379. The Morgan fingerprint density at radius 1 is 0.742 bits per heavy atom. The second kappa shape index (κ2) is 8.37. The Morgan fingerprint density at radius 3 is 2.03 bits per heavy atom. The Balaban J connectivity index is 1.62. The van der Waals surface area contributed by atoms with E-state index in [1.807, 2.05) is 18.2 Å². The van der Waals surface area contributed by atoms with E-state index >= 15 is 0 Å². The van der Waals surface area contributed by atoms with E-state index in [9.17, 15) is 18.3 Å². The molecule has 4 aromatic rings. The number of aromatic carboxylic acids is 1. The zero-order chi connectivity index (χ0) is 21.8. The summed E-state index contributed by atoms with van der Waals surface area (Å²) in [6, 6.07) is 25.0. The van der Waals surface area contributed by atoms with Crippen LogP contribution in [0, 0.1) is 0 Å². The lowest BCUT2D eigenvalue weighted by Gasteiger charge is -2.13. The van der Waals surface area contributed by atoms with Gasteiger partial charge in [-0.25, -0.2) is 13.2 Å². The van der Waals surface area contributed by atoms with Gasteiger partial charge in [-0.3, -0.25) is 4.72 Å². The highest BCUT2D eigenvalue weighted by Crippen LogP contribution is 2.29. The highest BCUT2D eigenvalue weighted by atomic mass is 32.2. The van der Waals surface area contributed by atoms with Crippen molar-refractivity contribution < 1.29 is 18.3 Å². The summed E-state index contributed by atoms with van der Waals surface area (Å²) in [4.78, 5) is 11.8. The summed E-state index contributed by atoms with van der Waals surface area (Å²) in [5.41, 5.74) is 1.06. The lowest BCUT2D eigenvalue weighted by molar-refractivity contribution is 0.0700. The summed E-state index contributed by atoms with van der Waals surface area (Å²) < 4.78 is 28.1. The molecule has 2 N–H and O–H groups in total.